The normalized spacial score (nSPS) is 18.8. The maximum absolute atomic E-state index is 14.4. The first-order valence-corrected chi connectivity index (χ1v) is 26.4. The summed E-state index contributed by atoms with van der Waals surface area (Å²) in [7, 11) is 0. The fourth-order valence-electron chi connectivity index (χ4n) is 8.86. The van der Waals surface area contributed by atoms with Gasteiger partial charge in [0.25, 0.3) is 0 Å². The molecule has 0 spiro atoms. The second kappa shape index (κ2) is 28.4. The number of hydrogen-bond donors (Lipinski definition) is 12. The highest BCUT2D eigenvalue weighted by molar-refractivity contribution is 7.98. The lowest BCUT2D eigenvalue weighted by molar-refractivity contribution is -0.144. The predicted octanol–water partition coefficient (Wildman–Crippen LogP) is -2.02. The number of fused-ring (bicyclic) bond motifs is 1. The van der Waals surface area contributed by atoms with Gasteiger partial charge in [0.15, 0.2) is 0 Å². The number of carbonyl (C=O) groups is 10. The average molecular weight is 1060 g/mol. The molecule has 2 aliphatic rings. The summed E-state index contributed by atoms with van der Waals surface area (Å²) >= 11 is 1.53. The topological polar surface area (TPSA) is 364 Å². The van der Waals surface area contributed by atoms with Crippen molar-refractivity contribution in [3.8, 4) is 0 Å². The molecule has 25 heteroatoms. The van der Waals surface area contributed by atoms with Crippen LogP contribution < -0.4 is 43.0 Å². The molecule has 1 aromatic carbocycles. The Balaban J connectivity index is 1.49. The van der Waals surface area contributed by atoms with Gasteiger partial charge in [-0.05, 0) is 87.8 Å². The maximum Gasteiger partial charge on any atom is 0.325 e. The minimum absolute atomic E-state index is 0.0442. The molecule has 9 amide bonds. The molecule has 74 heavy (non-hydrogen) atoms. The molecule has 2 aromatic rings. The first kappa shape index (κ1) is 60.2. The monoisotopic (exact) mass is 1060 g/mol. The molecule has 13 N–H and O–H groups in total. The second-order valence-corrected chi connectivity index (χ2v) is 20.6. The number of carboxylic acids is 1. The molecule has 10 atom stereocenters. The first-order chi connectivity index (χ1) is 35.0. The van der Waals surface area contributed by atoms with E-state index in [-0.39, 0.29) is 44.7 Å². The van der Waals surface area contributed by atoms with E-state index in [2.05, 4.69) is 42.2 Å². The van der Waals surface area contributed by atoms with Crippen LogP contribution in [0.3, 0.4) is 0 Å². The smallest absolute Gasteiger partial charge is 0.325 e. The Morgan fingerprint density at radius 3 is 1.80 bits per heavy atom. The van der Waals surface area contributed by atoms with Gasteiger partial charge in [-0.15, -0.1) is 0 Å². The van der Waals surface area contributed by atoms with Crippen LogP contribution in [0.1, 0.15) is 85.6 Å². The number of aliphatic hydroxyl groups is 2. The van der Waals surface area contributed by atoms with Crippen LogP contribution in [0.5, 0.6) is 0 Å². The summed E-state index contributed by atoms with van der Waals surface area (Å²) in [6.45, 7) is 8.09. The predicted molar refractivity (Wildman–Crippen MR) is 273 cm³/mol. The van der Waals surface area contributed by atoms with Gasteiger partial charge < -0.3 is 73.1 Å². The zero-order valence-electron chi connectivity index (χ0n) is 43.1. The minimum Gasteiger partial charge on any atom is -0.480 e. The van der Waals surface area contributed by atoms with Crippen LogP contribution in [0.2, 0.25) is 0 Å². The van der Waals surface area contributed by atoms with Gasteiger partial charge in [-0.1, -0.05) is 45.9 Å². The number of likely N-dealkylation sites (tertiary alicyclic amines) is 2. The Kier molecular flexibility index (Phi) is 23.1. The number of nitrogens with zero attached hydrogens (tertiary/aromatic N) is 2. The Morgan fingerprint density at radius 1 is 0.676 bits per heavy atom. The molecule has 24 nitrogen and oxygen atoms in total. The third kappa shape index (κ3) is 16.3. The quantitative estimate of drug-likeness (QED) is 0.0460. The van der Waals surface area contributed by atoms with Crippen molar-refractivity contribution >= 4 is 81.8 Å². The number of nitrogens with two attached hydrogens (primary N) is 1. The van der Waals surface area contributed by atoms with Gasteiger partial charge in [0.1, 0.15) is 54.4 Å². The lowest BCUT2D eigenvalue weighted by Gasteiger charge is -2.32. The molecule has 410 valence electrons. The SMILES string of the molecule is CSCC[C@H](N)C(=O)N[C@@H](C)C(=O)N1CCC[C@H]1C(=O)N[C@H](C(=O)N[C@@H](CO)C(=O)N1CCC[C@H]1C(=O)N[C@@H](Cc1c[nH]c2ccccc12)C(=O)N[C@@H](CC(C)C)C(=O)N[C@@H](CO)C(=O)N[C@@H](C)C(=O)O)C(C)C. The van der Waals surface area contributed by atoms with E-state index in [4.69, 9.17) is 5.73 Å². The number of thioether (sulfide) groups is 1. The molecule has 0 aliphatic carbocycles. The van der Waals surface area contributed by atoms with Crippen molar-refractivity contribution in [3.63, 3.8) is 0 Å². The third-order valence-corrected chi connectivity index (χ3v) is 13.7. The van der Waals surface area contributed by atoms with Crippen molar-refractivity contribution in [1.29, 1.82) is 0 Å². The summed E-state index contributed by atoms with van der Waals surface area (Å²) in [6, 6.07) is -5.07. The van der Waals surface area contributed by atoms with Crippen LogP contribution >= 0.6 is 11.8 Å². The standard InChI is InChI=1S/C49H75N11O13S/c1-25(2)20-33(41(64)56-35(23-61)43(66)53-28(6)49(72)73)54-42(65)34(21-29-22-51-32-13-9-8-12-30(29)32)55-44(67)37-14-11-18-60(37)48(71)36(24-62)57-46(69)39(26(3)4)58-45(68)38-15-10-17-59(38)47(70)27(5)52-40(63)31(50)16-19-74-7/h8-9,12-13,22,25-28,31,33-39,51,61-62H,10-11,14-21,23-24,50H2,1-7H3,(H,52,63)(H,53,66)(H,54,65)(H,55,67)(H,56,64)(H,57,69)(H,58,68)(H,72,73)/t27-,28-,31-,33-,34-,35-,36-,37-,38-,39-/m0/s1. The first-order valence-electron chi connectivity index (χ1n) is 25.0. The van der Waals surface area contributed by atoms with Crippen LogP contribution in [0.15, 0.2) is 30.5 Å². The van der Waals surface area contributed by atoms with E-state index in [0.29, 0.717) is 30.6 Å². The number of benzene rings is 1. The Morgan fingerprint density at radius 2 is 1.22 bits per heavy atom. The lowest BCUT2D eigenvalue weighted by atomic mass is 10.00. The van der Waals surface area contributed by atoms with Gasteiger partial charge in [-0.3, -0.25) is 47.9 Å². The van der Waals surface area contributed by atoms with Crippen molar-refractivity contribution < 1.29 is 63.3 Å². The summed E-state index contributed by atoms with van der Waals surface area (Å²) in [4.78, 5) is 140. The number of rotatable bonds is 27. The minimum atomic E-state index is -1.57. The van der Waals surface area contributed by atoms with E-state index < -0.39 is 139 Å². The molecule has 0 unspecified atom stereocenters. The molecule has 3 heterocycles. The van der Waals surface area contributed by atoms with Crippen molar-refractivity contribution in [2.45, 2.75) is 147 Å². The molecule has 0 saturated carbocycles. The number of aromatic nitrogens is 1. The largest absolute Gasteiger partial charge is 0.480 e. The zero-order valence-corrected chi connectivity index (χ0v) is 43.9. The molecule has 1 aromatic heterocycles. The van der Waals surface area contributed by atoms with Gasteiger partial charge in [-0.25, -0.2) is 0 Å². The van der Waals surface area contributed by atoms with Crippen LogP contribution in [0.25, 0.3) is 10.9 Å². The van der Waals surface area contributed by atoms with Gasteiger partial charge in [0.05, 0.1) is 19.3 Å². The highest BCUT2D eigenvalue weighted by Crippen LogP contribution is 2.23. The molecule has 0 bridgehead atoms. The van der Waals surface area contributed by atoms with Crippen LogP contribution in [0, 0.1) is 11.8 Å². The molecule has 0 radical (unpaired) electrons. The summed E-state index contributed by atoms with van der Waals surface area (Å²) in [5.74, 6) is -8.07. The average Bonchev–Trinajstić information content (AvgIpc) is 4.15. The molecular weight excluding hydrogens is 983 g/mol. The number of aromatic amines is 1. The van der Waals surface area contributed by atoms with E-state index in [1.165, 1.54) is 35.4 Å². The Labute approximate surface area is 434 Å². The highest BCUT2D eigenvalue weighted by atomic mass is 32.2. The number of nitrogens with one attached hydrogen (secondary N) is 8. The number of carboxylic acid groups (broad SMARTS) is 1. The number of aliphatic carboxylic acids is 1. The van der Waals surface area contributed by atoms with Gasteiger partial charge in [-0.2, -0.15) is 11.8 Å². The number of amides is 9. The molecule has 4 rings (SSSR count). The van der Waals surface area contributed by atoms with E-state index in [1.807, 2.05) is 24.5 Å². The molecule has 2 fully saturated rings. The van der Waals surface area contributed by atoms with Crippen molar-refractivity contribution in [2.24, 2.45) is 17.6 Å². The van der Waals surface area contributed by atoms with Crippen molar-refractivity contribution in [3.05, 3.63) is 36.0 Å². The highest BCUT2D eigenvalue weighted by Gasteiger charge is 2.42. The molecular formula is C49H75N11O13S. The van der Waals surface area contributed by atoms with Crippen molar-refractivity contribution in [1.82, 2.24) is 52.0 Å². The zero-order chi connectivity index (χ0) is 55.0. The van der Waals surface area contributed by atoms with E-state index >= 15 is 0 Å². The van der Waals surface area contributed by atoms with E-state index in [0.717, 1.165) is 10.9 Å². The van der Waals surface area contributed by atoms with Crippen LogP contribution in [0.4, 0.5) is 0 Å². The number of H-pyrrole nitrogens is 1. The number of carbonyl (C=O) groups excluding carboxylic acids is 9. The third-order valence-electron chi connectivity index (χ3n) is 13.0. The van der Waals surface area contributed by atoms with Crippen molar-refractivity contribution in [2.75, 3.05) is 38.3 Å². The summed E-state index contributed by atoms with van der Waals surface area (Å²) in [5.41, 5.74) is 7.34. The number of para-hydroxylation sites is 1. The Hall–Kier alpha value is -6.31. The fraction of sp³-hybridized carbons (Fsp3) is 0.633. The van der Waals surface area contributed by atoms with Crippen LogP contribution in [-0.2, 0) is 54.4 Å². The number of aliphatic hydroxyl groups excluding tert-OH is 2. The Bertz CT molecular complexity index is 2330. The summed E-state index contributed by atoms with van der Waals surface area (Å²) in [5, 5.41) is 48.3. The fourth-order valence-corrected chi connectivity index (χ4v) is 9.35. The molecule has 2 saturated heterocycles. The number of hydrogen-bond acceptors (Lipinski definition) is 14. The second-order valence-electron chi connectivity index (χ2n) is 19.6. The molecule has 2 aliphatic heterocycles. The van der Waals surface area contributed by atoms with Gasteiger partial charge in [0, 0.05) is 36.6 Å². The van der Waals surface area contributed by atoms with Crippen LogP contribution in [-0.4, -0.2) is 188 Å². The lowest BCUT2D eigenvalue weighted by Crippen LogP contribution is -2.61. The van der Waals surface area contributed by atoms with E-state index in [1.54, 1.807) is 40.0 Å². The summed E-state index contributed by atoms with van der Waals surface area (Å²) < 4.78 is 0. The summed E-state index contributed by atoms with van der Waals surface area (Å²) in [6.07, 6.45) is 5.17. The van der Waals surface area contributed by atoms with Gasteiger partial charge in [0.2, 0.25) is 53.2 Å². The maximum atomic E-state index is 14.4. The van der Waals surface area contributed by atoms with E-state index in [9.17, 15) is 63.3 Å². The van der Waals surface area contributed by atoms with Gasteiger partial charge >= 0.3 is 5.97 Å².